The quantitative estimate of drug-likeness (QED) is 0.317. The van der Waals surface area contributed by atoms with Gasteiger partial charge < -0.3 is 15.8 Å². The molecular weight excluding hydrogens is 311 g/mol. The van der Waals surface area contributed by atoms with Crippen molar-refractivity contribution in [1.29, 1.82) is 15.8 Å². The Morgan fingerprint density at radius 1 is 0.560 bits per heavy atom. The maximum absolute atomic E-state index is 8.59. The molecule has 0 aromatic heterocycles. The maximum Gasteiger partial charge on any atom is 1.00 e. The fraction of sp³-hybridized carbons (Fsp3) is 0. The van der Waals surface area contributed by atoms with Gasteiger partial charge in [-0.1, -0.05) is 0 Å². The zero-order chi connectivity index (χ0) is 15.5. The van der Waals surface area contributed by atoms with Crippen molar-refractivity contribution in [3.8, 4) is 18.6 Å². The van der Waals surface area contributed by atoms with Crippen LogP contribution in [0.1, 0.15) is 0 Å². The molecule has 0 aromatic rings. The van der Waals surface area contributed by atoms with Crippen LogP contribution in [0, 0.1) is 34.4 Å². The van der Waals surface area contributed by atoms with Crippen molar-refractivity contribution in [3.05, 3.63) is 16.0 Å². The van der Waals surface area contributed by atoms with Crippen LogP contribution in [0.4, 0.5) is 0 Å². The molecule has 13 nitrogen and oxygen atoms in total. The van der Waals surface area contributed by atoms with Gasteiger partial charge in [-0.15, -0.1) is 0 Å². The first-order valence-electron chi connectivity index (χ1n) is 5.37. The smallest absolute Gasteiger partial charge is 0.333 e. The summed E-state index contributed by atoms with van der Waals surface area (Å²) < 4.78 is 0. The third-order valence-electron chi connectivity index (χ3n) is 2.25. The van der Waals surface area contributed by atoms with Gasteiger partial charge in [0.25, 0.3) is 0 Å². The third kappa shape index (κ3) is 4.52. The van der Waals surface area contributed by atoms with Gasteiger partial charge in [-0.2, -0.15) is 0 Å². The number of hydrogen-bond donors (Lipinski definition) is 0. The summed E-state index contributed by atoms with van der Waals surface area (Å²) in [4.78, 5) is 24.6. The average Bonchev–Trinajstić information content (AvgIpc) is 2.47. The Hall–Kier alpha value is -2.52. The van der Waals surface area contributed by atoms with E-state index in [4.69, 9.17) is 15.8 Å². The molecule has 3 rings (SSSR count). The van der Waals surface area contributed by atoms with Gasteiger partial charge in [0.1, 0.15) is 17.9 Å². The second-order valence-corrected chi connectivity index (χ2v) is 3.44. The first-order valence-corrected chi connectivity index (χ1v) is 5.37. The van der Waals surface area contributed by atoms with E-state index < -0.39 is 0 Å². The van der Waals surface area contributed by atoms with E-state index in [1.807, 2.05) is 0 Å². The van der Waals surface area contributed by atoms with Gasteiger partial charge in [0.15, 0.2) is 0 Å². The summed E-state index contributed by atoms with van der Waals surface area (Å²) in [5.74, 6) is -0.643. The molecule has 0 aromatic carbocycles. The van der Waals surface area contributed by atoms with Gasteiger partial charge in [0.2, 0.25) is 0 Å². The van der Waals surface area contributed by atoms with Crippen LogP contribution in [0.25, 0.3) is 16.0 Å². The zero-order valence-corrected chi connectivity index (χ0v) is 13.3. The minimum Gasteiger partial charge on any atom is -0.333 e. The molecule has 25 heavy (non-hydrogen) atoms. The molecule has 0 amide bonds. The minimum atomic E-state index is -0.202. The Morgan fingerprint density at radius 3 is 1.08 bits per heavy atom. The summed E-state index contributed by atoms with van der Waals surface area (Å²) in [6, 6.07) is 0. The van der Waals surface area contributed by atoms with Gasteiger partial charge in [0.05, 0.1) is 36.5 Å². The molecule has 0 unspecified atom stereocenters. The zero-order valence-electron chi connectivity index (χ0n) is 13.3. The van der Waals surface area contributed by atoms with Crippen LogP contribution < -0.4 is 56.6 Å². The summed E-state index contributed by atoms with van der Waals surface area (Å²) >= 11 is 0. The van der Waals surface area contributed by atoms with Crippen molar-refractivity contribution in [1.82, 2.24) is 4.90 Å². The third-order valence-corrected chi connectivity index (χ3v) is 2.25. The molecule has 0 aliphatic carbocycles. The fourth-order valence-corrected chi connectivity index (χ4v) is 1.54. The molecule has 0 saturated heterocycles. The van der Waals surface area contributed by atoms with E-state index in [1.165, 1.54) is 23.5 Å². The molecule has 16 heteroatoms. The molecule has 0 bridgehead atoms. The Kier molecular flexibility index (Phi) is 8.72. The maximum atomic E-state index is 8.59. The number of hydrogen-bond acceptors (Lipinski definition) is 10. The molecule has 3 aliphatic heterocycles. The van der Waals surface area contributed by atoms with Gasteiger partial charge in [-0.3, -0.25) is 50.8 Å². The molecule has 3 aliphatic rings. The number of rotatable bonds is 0. The van der Waals surface area contributed by atoms with Crippen molar-refractivity contribution < 1.29 is 56.6 Å². The van der Waals surface area contributed by atoms with Gasteiger partial charge in [-0.05, 0) is 0 Å². The monoisotopic (exact) mass is 311 g/mol. The van der Waals surface area contributed by atoms with Crippen LogP contribution >= 0.6 is 0 Å². The van der Waals surface area contributed by atoms with E-state index in [1.54, 1.807) is 0 Å². The Labute approximate surface area is 176 Å². The number of aliphatic imine (C=N–C) groups is 6. The van der Waals surface area contributed by atoms with Crippen molar-refractivity contribution in [2.75, 3.05) is 0 Å². The molecule has 0 fully saturated rings. The van der Waals surface area contributed by atoms with Crippen molar-refractivity contribution in [2.45, 2.75) is 0 Å². The van der Waals surface area contributed by atoms with Crippen LogP contribution in [-0.2, 0) is 0 Å². The number of nitriles is 3. The van der Waals surface area contributed by atoms with Crippen LogP contribution in [0.2, 0.25) is 0 Å². The molecule has 0 saturated carbocycles. The Morgan fingerprint density at radius 2 is 0.840 bits per heavy atom. The van der Waals surface area contributed by atoms with Crippen molar-refractivity contribution in [2.24, 2.45) is 30.0 Å². The minimum absolute atomic E-state index is 0. The summed E-state index contributed by atoms with van der Waals surface area (Å²) in [5, 5.41) is 35.9. The topological polar surface area (TPSA) is 191 Å². The molecule has 3 heterocycles. The second kappa shape index (κ2) is 9.70. The van der Waals surface area contributed by atoms with E-state index >= 15 is 0 Å². The predicted molar refractivity (Wildman–Crippen MR) is 73.4 cm³/mol. The summed E-state index contributed by atoms with van der Waals surface area (Å²) in [5.41, 5.74) is 0. The standard InChI is InChI=1S/C9N13.3Li/c10-1-13-4-16-7-18-5(14-2-11)20-9-21-6(15-3-12)19-8(17-4)22(7)9;;;/q-3;3*+1. The summed E-state index contributed by atoms with van der Waals surface area (Å²) in [7, 11) is 0. The average molecular weight is 311 g/mol. The largest absolute Gasteiger partial charge is 1.00 e. The summed E-state index contributed by atoms with van der Waals surface area (Å²) in [6.45, 7) is 0. The van der Waals surface area contributed by atoms with Gasteiger partial charge in [0, 0.05) is 0 Å². The molecule has 0 spiro atoms. The normalized spacial score (nSPS) is 15.5. The van der Waals surface area contributed by atoms with Crippen LogP contribution in [-0.4, -0.2) is 40.7 Å². The van der Waals surface area contributed by atoms with E-state index in [2.05, 4.69) is 45.9 Å². The number of guanidine groups is 6. The van der Waals surface area contributed by atoms with Crippen molar-refractivity contribution in [3.63, 3.8) is 0 Å². The first-order chi connectivity index (χ1) is 10.7. The molecule has 0 N–H and O–H groups in total. The Bertz CT molecular complexity index is 745. The van der Waals surface area contributed by atoms with E-state index in [0.717, 1.165) is 0 Å². The molecule has 0 atom stereocenters. The molecule has 104 valence electrons. The first kappa shape index (κ1) is 22.5. The predicted octanol–water partition coefficient (Wildman–Crippen LogP) is -8.96. The van der Waals surface area contributed by atoms with Crippen molar-refractivity contribution >= 4 is 35.8 Å². The Balaban J connectivity index is 0.00000192. The van der Waals surface area contributed by atoms with E-state index in [9.17, 15) is 0 Å². The van der Waals surface area contributed by atoms with Crippen LogP contribution in [0.3, 0.4) is 0 Å². The molecular formula is C9Li3N13. The van der Waals surface area contributed by atoms with Gasteiger partial charge in [-0.25, -0.2) is 0 Å². The fourth-order valence-electron chi connectivity index (χ4n) is 1.54. The SMILES string of the molecule is N#C[N-]C1=NC2=NC([N-]C#N)=NC3=NC([N-]C#N)=NC(=N1)N23.[Li+].[Li+].[Li+]. The number of nitrogens with zero attached hydrogens (tertiary/aromatic N) is 13. The van der Waals surface area contributed by atoms with E-state index in [0.29, 0.717) is 0 Å². The summed E-state index contributed by atoms with van der Waals surface area (Å²) in [6.07, 6.45) is 4.60. The van der Waals surface area contributed by atoms with Crippen LogP contribution in [0.15, 0.2) is 30.0 Å². The second-order valence-electron chi connectivity index (χ2n) is 3.44. The van der Waals surface area contributed by atoms with Gasteiger partial charge >= 0.3 is 56.6 Å². The van der Waals surface area contributed by atoms with Crippen LogP contribution in [0.5, 0.6) is 0 Å². The van der Waals surface area contributed by atoms with E-state index in [-0.39, 0.29) is 92.3 Å². The molecule has 0 radical (unpaired) electrons.